The van der Waals surface area contributed by atoms with Gasteiger partial charge >= 0.3 is 5.97 Å². The smallest absolute Gasteiger partial charge is 0.307 e. The second kappa shape index (κ2) is 4.62. The fraction of sp³-hybridized carbons (Fsp3) is 0.357. The van der Waals surface area contributed by atoms with Crippen LogP contribution < -0.4 is 0 Å². The molecule has 2 aromatic rings. The topological polar surface area (TPSA) is 50.4 Å². The number of fused-ring (bicyclic) bond motifs is 1. The first kappa shape index (κ1) is 11.7. The van der Waals surface area contributed by atoms with Crippen LogP contribution in [0.25, 0.3) is 11.0 Å². The van der Waals surface area contributed by atoms with Gasteiger partial charge in [0.2, 0.25) is 0 Å². The summed E-state index contributed by atoms with van der Waals surface area (Å²) >= 11 is 0. The molecule has 90 valence electrons. The lowest BCUT2D eigenvalue weighted by atomic mass is 9.89. The first-order valence-corrected chi connectivity index (χ1v) is 5.77. The van der Waals surface area contributed by atoms with E-state index in [0.717, 1.165) is 16.5 Å². The minimum Gasteiger partial charge on any atom is -0.481 e. The van der Waals surface area contributed by atoms with Gasteiger partial charge in [0.15, 0.2) is 0 Å². The van der Waals surface area contributed by atoms with Gasteiger partial charge in [0.1, 0.15) is 5.58 Å². The molecule has 1 atom stereocenters. The van der Waals surface area contributed by atoms with Gasteiger partial charge in [0.25, 0.3) is 0 Å². The highest BCUT2D eigenvalue weighted by atomic mass is 16.4. The fourth-order valence-corrected chi connectivity index (χ4v) is 2.04. The molecule has 1 heterocycles. The van der Waals surface area contributed by atoms with E-state index in [1.807, 2.05) is 38.1 Å². The van der Waals surface area contributed by atoms with Gasteiger partial charge in [-0.3, -0.25) is 4.79 Å². The lowest BCUT2D eigenvalue weighted by molar-refractivity contribution is -0.143. The highest BCUT2D eigenvalue weighted by Gasteiger charge is 2.23. The average molecular weight is 232 g/mol. The largest absolute Gasteiger partial charge is 0.481 e. The summed E-state index contributed by atoms with van der Waals surface area (Å²) in [5.74, 6) is -0.998. The molecule has 0 spiro atoms. The maximum Gasteiger partial charge on any atom is 0.307 e. The number of para-hydroxylation sites is 1. The van der Waals surface area contributed by atoms with Crippen LogP contribution in [0.15, 0.2) is 34.9 Å². The number of hydrogen-bond donors (Lipinski definition) is 1. The van der Waals surface area contributed by atoms with Crippen LogP contribution in [0.2, 0.25) is 0 Å². The van der Waals surface area contributed by atoms with Gasteiger partial charge in [0, 0.05) is 5.39 Å². The first-order valence-electron chi connectivity index (χ1n) is 5.77. The Morgan fingerprint density at radius 2 is 2.06 bits per heavy atom. The van der Waals surface area contributed by atoms with Crippen molar-refractivity contribution >= 4 is 16.9 Å². The van der Waals surface area contributed by atoms with Crippen LogP contribution in [0.3, 0.4) is 0 Å². The van der Waals surface area contributed by atoms with Crippen LogP contribution in [0, 0.1) is 11.8 Å². The third-order valence-corrected chi connectivity index (χ3v) is 3.12. The monoisotopic (exact) mass is 232 g/mol. The quantitative estimate of drug-likeness (QED) is 0.879. The maximum atomic E-state index is 11.2. The third kappa shape index (κ3) is 2.33. The molecule has 17 heavy (non-hydrogen) atoms. The minimum atomic E-state index is -0.745. The predicted octanol–water partition coefficient (Wildman–Crippen LogP) is 3.33. The molecule has 0 saturated carbocycles. The number of furan rings is 1. The van der Waals surface area contributed by atoms with E-state index >= 15 is 0 Å². The number of benzene rings is 1. The van der Waals surface area contributed by atoms with Crippen LogP contribution in [-0.4, -0.2) is 11.1 Å². The summed E-state index contributed by atoms with van der Waals surface area (Å²) in [5, 5.41) is 10.2. The molecule has 3 heteroatoms. The van der Waals surface area contributed by atoms with Crippen LogP contribution in [0.4, 0.5) is 0 Å². The van der Waals surface area contributed by atoms with Crippen molar-refractivity contribution in [3.63, 3.8) is 0 Å². The molecule has 0 aliphatic heterocycles. The molecule has 1 aromatic heterocycles. The normalized spacial score (nSPS) is 13.1. The van der Waals surface area contributed by atoms with E-state index in [4.69, 9.17) is 4.42 Å². The first-order chi connectivity index (χ1) is 8.09. The summed E-state index contributed by atoms with van der Waals surface area (Å²) in [5.41, 5.74) is 1.79. The van der Waals surface area contributed by atoms with Crippen LogP contribution in [0.5, 0.6) is 0 Å². The Hall–Kier alpha value is -1.77. The molecule has 0 bridgehead atoms. The van der Waals surface area contributed by atoms with Crippen molar-refractivity contribution in [1.82, 2.24) is 0 Å². The number of rotatable bonds is 4. The Kier molecular flexibility index (Phi) is 3.18. The third-order valence-electron chi connectivity index (χ3n) is 3.12. The maximum absolute atomic E-state index is 11.2. The molecule has 0 amide bonds. The van der Waals surface area contributed by atoms with E-state index < -0.39 is 5.97 Å². The van der Waals surface area contributed by atoms with Gasteiger partial charge < -0.3 is 9.52 Å². The van der Waals surface area contributed by atoms with E-state index in [0.29, 0.717) is 6.42 Å². The highest BCUT2D eigenvalue weighted by Crippen LogP contribution is 2.25. The average Bonchev–Trinajstić information content (AvgIpc) is 2.68. The molecular weight excluding hydrogens is 216 g/mol. The SMILES string of the molecule is CC(C)C(Cc1coc2ccccc12)C(=O)O. The van der Waals surface area contributed by atoms with E-state index in [2.05, 4.69) is 0 Å². The van der Waals surface area contributed by atoms with Gasteiger partial charge in [-0.2, -0.15) is 0 Å². The predicted molar refractivity (Wildman–Crippen MR) is 65.9 cm³/mol. The summed E-state index contributed by atoms with van der Waals surface area (Å²) in [6.07, 6.45) is 2.19. The Bertz CT molecular complexity index is 525. The lowest BCUT2D eigenvalue weighted by Crippen LogP contribution is -2.21. The highest BCUT2D eigenvalue weighted by molar-refractivity contribution is 5.81. The Balaban J connectivity index is 2.31. The van der Waals surface area contributed by atoms with E-state index in [-0.39, 0.29) is 11.8 Å². The fourth-order valence-electron chi connectivity index (χ4n) is 2.04. The van der Waals surface area contributed by atoms with Crippen molar-refractivity contribution in [2.45, 2.75) is 20.3 Å². The van der Waals surface area contributed by atoms with Crippen LogP contribution in [0.1, 0.15) is 19.4 Å². The zero-order chi connectivity index (χ0) is 12.4. The molecule has 0 aliphatic rings. The van der Waals surface area contributed by atoms with Crippen molar-refractivity contribution in [1.29, 1.82) is 0 Å². The van der Waals surface area contributed by atoms with Gasteiger partial charge in [-0.15, -0.1) is 0 Å². The molecule has 1 unspecified atom stereocenters. The number of aliphatic carboxylic acids is 1. The number of carboxylic acids is 1. The molecule has 0 saturated heterocycles. The molecule has 0 aliphatic carbocycles. The Morgan fingerprint density at radius 3 is 2.71 bits per heavy atom. The number of hydrogen-bond acceptors (Lipinski definition) is 2. The van der Waals surface area contributed by atoms with Crippen molar-refractivity contribution < 1.29 is 14.3 Å². The van der Waals surface area contributed by atoms with Crippen molar-refractivity contribution in [3.05, 3.63) is 36.1 Å². The van der Waals surface area contributed by atoms with Gasteiger partial charge in [0.05, 0.1) is 12.2 Å². The summed E-state index contributed by atoms with van der Waals surface area (Å²) < 4.78 is 5.42. The number of carbonyl (C=O) groups is 1. The Morgan fingerprint density at radius 1 is 1.35 bits per heavy atom. The second-order valence-electron chi connectivity index (χ2n) is 4.65. The molecule has 2 rings (SSSR count). The zero-order valence-electron chi connectivity index (χ0n) is 10.0. The van der Waals surface area contributed by atoms with Gasteiger partial charge in [-0.25, -0.2) is 0 Å². The molecule has 1 aromatic carbocycles. The van der Waals surface area contributed by atoms with Crippen molar-refractivity contribution in [2.24, 2.45) is 11.8 Å². The summed E-state index contributed by atoms with van der Waals surface area (Å²) in [6, 6.07) is 7.70. The lowest BCUT2D eigenvalue weighted by Gasteiger charge is -2.15. The standard InChI is InChI=1S/C14H16O3/c1-9(2)12(14(15)16)7-10-8-17-13-6-4-3-5-11(10)13/h3-6,8-9,12H,7H2,1-2H3,(H,15,16). The second-order valence-corrected chi connectivity index (χ2v) is 4.65. The van der Waals surface area contributed by atoms with E-state index in [1.165, 1.54) is 0 Å². The minimum absolute atomic E-state index is 0.112. The van der Waals surface area contributed by atoms with E-state index in [1.54, 1.807) is 6.26 Å². The Labute approximate surface area is 100 Å². The van der Waals surface area contributed by atoms with Crippen molar-refractivity contribution in [2.75, 3.05) is 0 Å². The molecule has 3 nitrogen and oxygen atoms in total. The molecule has 0 fully saturated rings. The summed E-state index contributed by atoms with van der Waals surface area (Å²) in [6.45, 7) is 3.86. The summed E-state index contributed by atoms with van der Waals surface area (Å²) in [7, 11) is 0. The van der Waals surface area contributed by atoms with Crippen LogP contribution in [-0.2, 0) is 11.2 Å². The van der Waals surface area contributed by atoms with Crippen LogP contribution >= 0.6 is 0 Å². The van der Waals surface area contributed by atoms with Gasteiger partial charge in [-0.05, 0) is 24.0 Å². The zero-order valence-corrected chi connectivity index (χ0v) is 10.0. The van der Waals surface area contributed by atoms with Crippen molar-refractivity contribution in [3.8, 4) is 0 Å². The molecule has 0 radical (unpaired) electrons. The van der Waals surface area contributed by atoms with E-state index in [9.17, 15) is 9.90 Å². The van der Waals surface area contributed by atoms with Gasteiger partial charge in [-0.1, -0.05) is 32.0 Å². The molecule has 1 N–H and O–H groups in total. The molecular formula is C14H16O3. The summed E-state index contributed by atoms with van der Waals surface area (Å²) in [4.78, 5) is 11.2. The number of carboxylic acid groups (broad SMARTS) is 1.